The quantitative estimate of drug-likeness (QED) is 0.810. The molecule has 2 heterocycles. The SMILES string of the molecule is CCN1CCC(NC(=O)CSc2nc3cc(F)c(F)cc3[nH]2)CC1. The van der Waals surface area contributed by atoms with Crippen LogP contribution in [0.4, 0.5) is 8.78 Å². The molecule has 0 saturated carbocycles. The first-order chi connectivity index (χ1) is 11.5. The maximum absolute atomic E-state index is 13.2. The second-order valence-corrected chi connectivity index (χ2v) is 6.85. The van der Waals surface area contributed by atoms with E-state index in [2.05, 4.69) is 27.1 Å². The fraction of sp³-hybridized carbons (Fsp3) is 0.500. The molecule has 1 aliphatic heterocycles. The van der Waals surface area contributed by atoms with E-state index in [0.29, 0.717) is 16.2 Å². The molecule has 1 aliphatic rings. The van der Waals surface area contributed by atoms with E-state index in [1.807, 2.05) is 0 Å². The van der Waals surface area contributed by atoms with Crippen molar-refractivity contribution in [1.82, 2.24) is 20.2 Å². The van der Waals surface area contributed by atoms with Crippen molar-refractivity contribution >= 4 is 28.7 Å². The third kappa shape index (κ3) is 4.05. The Morgan fingerprint density at radius 1 is 1.38 bits per heavy atom. The highest BCUT2D eigenvalue weighted by Gasteiger charge is 2.19. The Labute approximate surface area is 143 Å². The van der Waals surface area contributed by atoms with Crippen LogP contribution in [-0.2, 0) is 4.79 Å². The number of thioether (sulfide) groups is 1. The van der Waals surface area contributed by atoms with Crippen LogP contribution in [0.1, 0.15) is 19.8 Å². The maximum atomic E-state index is 13.2. The van der Waals surface area contributed by atoms with Gasteiger partial charge >= 0.3 is 0 Å². The summed E-state index contributed by atoms with van der Waals surface area (Å²) in [6.07, 6.45) is 1.93. The number of halogens is 2. The molecule has 24 heavy (non-hydrogen) atoms. The zero-order chi connectivity index (χ0) is 17.1. The first-order valence-electron chi connectivity index (χ1n) is 8.04. The molecule has 2 aromatic rings. The van der Waals surface area contributed by atoms with Gasteiger partial charge in [0, 0.05) is 31.3 Å². The van der Waals surface area contributed by atoms with Crippen LogP contribution in [0.3, 0.4) is 0 Å². The minimum atomic E-state index is -0.929. The second kappa shape index (κ2) is 7.48. The molecule has 0 aliphatic carbocycles. The molecule has 2 N–H and O–H groups in total. The van der Waals surface area contributed by atoms with Crippen molar-refractivity contribution in [2.75, 3.05) is 25.4 Å². The van der Waals surface area contributed by atoms with Gasteiger partial charge in [-0.2, -0.15) is 0 Å². The predicted octanol–water partition coefficient (Wildman–Crippen LogP) is 2.53. The van der Waals surface area contributed by atoms with Crippen molar-refractivity contribution in [1.29, 1.82) is 0 Å². The summed E-state index contributed by atoms with van der Waals surface area (Å²) >= 11 is 1.23. The molecule has 0 unspecified atom stereocenters. The van der Waals surface area contributed by atoms with Crippen LogP contribution in [0.2, 0.25) is 0 Å². The molecule has 0 bridgehead atoms. The summed E-state index contributed by atoms with van der Waals surface area (Å²) in [5.41, 5.74) is 0.771. The van der Waals surface area contributed by atoms with Gasteiger partial charge in [-0.25, -0.2) is 13.8 Å². The molecular formula is C16H20F2N4OS. The molecule has 1 saturated heterocycles. The number of carbonyl (C=O) groups is 1. The molecule has 1 fully saturated rings. The zero-order valence-corrected chi connectivity index (χ0v) is 14.3. The molecule has 1 aromatic carbocycles. The molecule has 130 valence electrons. The normalized spacial score (nSPS) is 16.6. The van der Waals surface area contributed by atoms with E-state index in [9.17, 15) is 13.6 Å². The summed E-state index contributed by atoms with van der Waals surface area (Å²) in [5.74, 6) is -1.67. The van der Waals surface area contributed by atoms with Gasteiger partial charge in [0.15, 0.2) is 16.8 Å². The van der Waals surface area contributed by atoms with Crippen molar-refractivity contribution in [2.45, 2.75) is 31.0 Å². The molecular weight excluding hydrogens is 334 g/mol. The summed E-state index contributed by atoms with van der Waals surface area (Å²) in [7, 11) is 0. The average molecular weight is 354 g/mol. The molecule has 5 nitrogen and oxygen atoms in total. The van der Waals surface area contributed by atoms with Gasteiger partial charge in [-0.05, 0) is 19.4 Å². The summed E-state index contributed by atoms with van der Waals surface area (Å²) in [6.45, 7) is 5.20. The fourth-order valence-electron chi connectivity index (χ4n) is 2.85. The summed E-state index contributed by atoms with van der Waals surface area (Å²) in [6, 6.07) is 2.34. The van der Waals surface area contributed by atoms with Crippen molar-refractivity contribution in [3.05, 3.63) is 23.8 Å². The van der Waals surface area contributed by atoms with Crippen LogP contribution in [0.15, 0.2) is 17.3 Å². The average Bonchev–Trinajstić information content (AvgIpc) is 2.96. The van der Waals surface area contributed by atoms with Crippen molar-refractivity contribution in [3.63, 3.8) is 0 Å². The minimum Gasteiger partial charge on any atom is -0.353 e. The Bertz CT molecular complexity index is 689. The van der Waals surface area contributed by atoms with E-state index >= 15 is 0 Å². The highest BCUT2D eigenvalue weighted by molar-refractivity contribution is 7.99. The number of rotatable bonds is 5. The van der Waals surface area contributed by atoms with Gasteiger partial charge in [0.1, 0.15) is 0 Å². The molecule has 3 rings (SSSR count). The molecule has 8 heteroatoms. The fourth-order valence-corrected chi connectivity index (χ4v) is 3.54. The molecule has 1 aromatic heterocycles. The number of likely N-dealkylation sites (tertiary alicyclic amines) is 1. The predicted molar refractivity (Wildman–Crippen MR) is 90.0 cm³/mol. The van der Waals surface area contributed by atoms with E-state index in [0.717, 1.165) is 44.6 Å². The van der Waals surface area contributed by atoms with Gasteiger partial charge in [0.05, 0.1) is 16.8 Å². The van der Waals surface area contributed by atoms with Crippen LogP contribution in [0.5, 0.6) is 0 Å². The largest absolute Gasteiger partial charge is 0.353 e. The molecule has 0 radical (unpaired) electrons. The summed E-state index contributed by atoms with van der Waals surface area (Å²) in [4.78, 5) is 21.5. The van der Waals surface area contributed by atoms with Gasteiger partial charge in [-0.1, -0.05) is 18.7 Å². The van der Waals surface area contributed by atoms with E-state index in [-0.39, 0.29) is 17.7 Å². The third-order valence-corrected chi connectivity index (χ3v) is 5.12. The highest BCUT2D eigenvalue weighted by Crippen LogP contribution is 2.21. The Morgan fingerprint density at radius 2 is 2.08 bits per heavy atom. The number of nitrogens with zero attached hydrogens (tertiary/aromatic N) is 2. The Kier molecular flexibility index (Phi) is 5.35. The molecule has 1 amide bonds. The van der Waals surface area contributed by atoms with E-state index in [1.54, 1.807) is 0 Å². The first-order valence-corrected chi connectivity index (χ1v) is 9.03. The molecule has 0 atom stereocenters. The molecule has 0 spiro atoms. The Hall–Kier alpha value is -1.67. The van der Waals surface area contributed by atoms with Gasteiger partial charge in [-0.3, -0.25) is 4.79 Å². The van der Waals surface area contributed by atoms with Crippen LogP contribution in [0.25, 0.3) is 11.0 Å². The van der Waals surface area contributed by atoms with Crippen molar-refractivity contribution in [3.8, 4) is 0 Å². The van der Waals surface area contributed by atoms with Crippen molar-refractivity contribution < 1.29 is 13.6 Å². The van der Waals surface area contributed by atoms with Gasteiger partial charge < -0.3 is 15.2 Å². The number of fused-ring (bicyclic) bond motifs is 1. The number of benzene rings is 1. The number of aromatic amines is 1. The lowest BCUT2D eigenvalue weighted by Gasteiger charge is -2.31. The van der Waals surface area contributed by atoms with Crippen LogP contribution >= 0.6 is 11.8 Å². The number of imidazole rings is 1. The number of aromatic nitrogens is 2. The van der Waals surface area contributed by atoms with Gasteiger partial charge in [0.2, 0.25) is 5.91 Å². The second-order valence-electron chi connectivity index (χ2n) is 5.89. The topological polar surface area (TPSA) is 61.0 Å². The summed E-state index contributed by atoms with van der Waals surface area (Å²) in [5, 5.41) is 3.52. The van der Waals surface area contributed by atoms with E-state index in [4.69, 9.17) is 0 Å². The van der Waals surface area contributed by atoms with Gasteiger partial charge in [0.25, 0.3) is 0 Å². The van der Waals surface area contributed by atoms with E-state index < -0.39 is 11.6 Å². The number of H-pyrrole nitrogens is 1. The van der Waals surface area contributed by atoms with Crippen LogP contribution < -0.4 is 5.32 Å². The smallest absolute Gasteiger partial charge is 0.230 e. The lowest BCUT2D eigenvalue weighted by Crippen LogP contribution is -2.45. The summed E-state index contributed by atoms with van der Waals surface area (Å²) < 4.78 is 26.4. The lowest BCUT2D eigenvalue weighted by molar-refractivity contribution is -0.119. The number of piperidine rings is 1. The van der Waals surface area contributed by atoms with Crippen molar-refractivity contribution in [2.24, 2.45) is 0 Å². The lowest BCUT2D eigenvalue weighted by atomic mass is 10.1. The zero-order valence-electron chi connectivity index (χ0n) is 13.4. The van der Waals surface area contributed by atoms with Crippen LogP contribution in [-0.4, -0.2) is 52.2 Å². The maximum Gasteiger partial charge on any atom is 0.230 e. The number of hydrogen-bond acceptors (Lipinski definition) is 4. The number of hydrogen-bond donors (Lipinski definition) is 2. The first kappa shape index (κ1) is 17.2. The minimum absolute atomic E-state index is 0.0484. The van der Waals surface area contributed by atoms with Crippen LogP contribution in [0, 0.1) is 11.6 Å². The monoisotopic (exact) mass is 354 g/mol. The Morgan fingerprint density at radius 3 is 2.79 bits per heavy atom. The number of nitrogens with one attached hydrogen (secondary N) is 2. The Balaban J connectivity index is 1.51. The number of carbonyl (C=O) groups excluding carboxylic acids is 1. The number of amides is 1. The standard InChI is InChI=1S/C16H20F2N4OS/c1-2-22-5-3-10(4-6-22)19-15(23)9-24-16-20-13-7-11(17)12(18)8-14(13)21-16/h7-8,10H,2-6,9H2,1H3,(H,19,23)(H,20,21). The van der Waals surface area contributed by atoms with E-state index in [1.165, 1.54) is 11.8 Å². The third-order valence-electron chi connectivity index (χ3n) is 4.24. The van der Waals surface area contributed by atoms with Gasteiger partial charge in [-0.15, -0.1) is 0 Å². The highest BCUT2D eigenvalue weighted by atomic mass is 32.2.